The van der Waals surface area contributed by atoms with Crippen molar-refractivity contribution in [3.63, 3.8) is 0 Å². The second-order valence-corrected chi connectivity index (χ2v) is 9.09. The molecule has 0 fully saturated rings. The predicted molar refractivity (Wildman–Crippen MR) is 126 cm³/mol. The van der Waals surface area contributed by atoms with Gasteiger partial charge < -0.3 is 10.1 Å². The molecule has 0 bridgehead atoms. The fourth-order valence-electron chi connectivity index (χ4n) is 3.47. The number of rotatable bonds is 6. The van der Waals surface area contributed by atoms with Crippen molar-refractivity contribution in [3.8, 4) is 17.0 Å². The van der Waals surface area contributed by atoms with Crippen LogP contribution in [0.1, 0.15) is 17.7 Å². The number of carbonyl (C=O) groups is 1. The van der Waals surface area contributed by atoms with Crippen LogP contribution in [0.2, 0.25) is 0 Å². The number of ether oxygens (including phenoxy) is 1. The number of imidazole rings is 1. The first kappa shape index (κ1) is 19.7. The van der Waals surface area contributed by atoms with Gasteiger partial charge in [0.15, 0.2) is 10.1 Å². The van der Waals surface area contributed by atoms with Crippen LogP contribution in [0, 0.1) is 6.92 Å². The molecule has 6 nitrogen and oxygen atoms in total. The molecule has 1 amide bonds. The summed E-state index contributed by atoms with van der Waals surface area (Å²) in [5.41, 5.74) is 5.08. The molecule has 0 aliphatic rings. The lowest BCUT2D eigenvalue weighted by Crippen LogP contribution is -2.12. The number of hydrogen-bond acceptors (Lipinski definition) is 6. The van der Waals surface area contributed by atoms with E-state index in [2.05, 4.69) is 20.1 Å². The summed E-state index contributed by atoms with van der Waals surface area (Å²) >= 11 is 3.09. The zero-order valence-corrected chi connectivity index (χ0v) is 18.7. The molecular weight excluding hydrogens is 428 g/mol. The van der Waals surface area contributed by atoms with Crippen LogP contribution in [-0.4, -0.2) is 27.4 Å². The molecule has 0 atom stereocenters. The highest BCUT2D eigenvalue weighted by atomic mass is 32.1. The van der Waals surface area contributed by atoms with Crippen molar-refractivity contribution < 1.29 is 9.53 Å². The number of methoxy groups -OCH3 is 1. The highest BCUT2D eigenvalue weighted by molar-refractivity contribution is 7.22. The molecule has 0 saturated heterocycles. The SMILES string of the molecule is COc1ccc(-c2cn3c(CCC(=O)Nc4nc5c(C)cccc5s4)csc3n2)cc1. The Morgan fingerprint density at radius 1 is 1.16 bits per heavy atom. The number of benzene rings is 2. The van der Waals surface area contributed by atoms with E-state index in [-0.39, 0.29) is 5.91 Å². The Kier molecular flexibility index (Phi) is 5.17. The first-order chi connectivity index (χ1) is 15.1. The molecule has 0 spiro atoms. The minimum atomic E-state index is -0.0356. The van der Waals surface area contributed by atoms with Crippen LogP contribution in [0.15, 0.2) is 54.0 Å². The van der Waals surface area contributed by atoms with Crippen molar-refractivity contribution in [1.82, 2.24) is 14.4 Å². The van der Waals surface area contributed by atoms with Gasteiger partial charge in [0.1, 0.15) is 5.75 Å². The van der Waals surface area contributed by atoms with E-state index in [1.807, 2.05) is 55.6 Å². The highest BCUT2D eigenvalue weighted by Gasteiger charge is 2.13. The fourth-order valence-corrected chi connectivity index (χ4v) is 5.34. The lowest BCUT2D eigenvalue weighted by Gasteiger charge is -2.02. The summed E-state index contributed by atoms with van der Waals surface area (Å²) in [7, 11) is 1.65. The molecule has 31 heavy (non-hydrogen) atoms. The molecule has 3 aromatic heterocycles. The van der Waals surface area contributed by atoms with E-state index in [4.69, 9.17) is 9.72 Å². The molecule has 0 unspecified atom stereocenters. The Morgan fingerprint density at radius 3 is 2.77 bits per heavy atom. The monoisotopic (exact) mass is 448 g/mol. The van der Waals surface area contributed by atoms with Gasteiger partial charge in [0.2, 0.25) is 5.91 Å². The molecule has 156 valence electrons. The third-order valence-electron chi connectivity index (χ3n) is 5.14. The lowest BCUT2D eigenvalue weighted by atomic mass is 10.1. The number of hydrogen-bond donors (Lipinski definition) is 1. The van der Waals surface area contributed by atoms with E-state index in [0.29, 0.717) is 18.0 Å². The van der Waals surface area contributed by atoms with E-state index < -0.39 is 0 Å². The number of nitrogens with zero attached hydrogens (tertiary/aromatic N) is 3. The molecule has 3 heterocycles. The number of amides is 1. The van der Waals surface area contributed by atoms with E-state index in [1.165, 1.54) is 11.3 Å². The number of para-hydroxylation sites is 1. The van der Waals surface area contributed by atoms with Gasteiger partial charge in [0, 0.05) is 29.3 Å². The third-order valence-corrected chi connectivity index (χ3v) is 6.97. The van der Waals surface area contributed by atoms with Crippen molar-refractivity contribution >= 4 is 48.9 Å². The minimum Gasteiger partial charge on any atom is -0.497 e. The number of aromatic nitrogens is 3. The number of aryl methyl sites for hydroxylation is 2. The Labute approximate surface area is 187 Å². The number of fused-ring (bicyclic) bond motifs is 2. The summed E-state index contributed by atoms with van der Waals surface area (Å²) < 4.78 is 8.37. The number of thiazole rings is 2. The summed E-state index contributed by atoms with van der Waals surface area (Å²) in [4.78, 5) is 22.7. The molecule has 2 aromatic carbocycles. The molecule has 8 heteroatoms. The van der Waals surface area contributed by atoms with E-state index >= 15 is 0 Å². The minimum absolute atomic E-state index is 0.0356. The van der Waals surface area contributed by atoms with Gasteiger partial charge in [0.05, 0.1) is 23.0 Å². The fraction of sp³-hybridized carbons (Fsp3) is 0.174. The Balaban J connectivity index is 1.28. The number of carbonyl (C=O) groups excluding carboxylic acids is 1. The zero-order valence-electron chi connectivity index (χ0n) is 17.1. The van der Waals surface area contributed by atoms with Crippen molar-refractivity contribution in [3.05, 3.63) is 65.3 Å². The molecule has 5 rings (SSSR count). The van der Waals surface area contributed by atoms with Crippen LogP contribution < -0.4 is 10.1 Å². The standard InChI is InChI=1S/C23H20N4O2S2/c1-14-4-3-5-19-21(14)26-22(31-19)25-20(28)11-8-16-13-30-23-24-18(12-27(16)23)15-6-9-17(29-2)10-7-15/h3-7,9-10,12-13H,8,11H2,1-2H3,(H,25,26,28). The molecule has 0 radical (unpaired) electrons. The highest BCUT2D eigenvalue weighted by Crippen LogP contribution is 2.28. The smallest absolute Gasteiger partial charge is 0.226 e. The van der Waals surface area contributed by atoms with Crippen LogP contribution >= 0.6 is 22.7 Å². The van der Waals surface area contributed by atoms with Gasteiger partial charge in [-0.15, -0.1) is 11.3 Å². The van der Waals surface area contributed by atoms with Crippen molar-refractivity contribution in [1.29, 1.82) is 0 Å². The Hall–Kier alpha value is -3.23. The summed E-state index contributed by atoms with van der Waals surface area (Å²) in [5, 5.41) is 5.66. The quantitative estimate of drug-likeness (QED) is 0.369. The predicted octanol–water partition coefficient (Wildman–Crippen LogP) is 5.56. The van der Waals surface area contributed by atoms with Gasteiger partial charge in [-0.1, -0.05) is 23.5 Å². The van der Waals surface area contributed by atoms with Crippen LogP contribution in [0.3, 0.4) is 0 Å². The van der Waals surface area contributed by atoms with Crippen molar-refractivity contribution in [2.75, 3.05) is 12.4 Å². The average Bonchev–Trinajstić information content (AvgIpc) is 3.47. The Bertz CT molecular complexity index is 1380. The maximum atomic E-state index is 12.5. The first-order valence-electron chi connectivity index (χ1n) is 9.86. The average molecular weight is 449 g/mol. The number of anilines is 1. The van der Waals surface area contributed by atoms with Gasteiger partial charge in [0.25, 0.3) is 0 Å². The first-order valence-corrected chi connectivity index (χ1v) is 11.6. The summed E-state index contributed by atoms with van der Waals surface area (Å²) in [6.07, 6.45) is 3.04. The van der Waals surface area contributed by atoms with Crippen molar-refractivity contribution in [2.45, 2.75) is 19.8 Å². The maximum Gasteiger partial charge on any atom is 0.226 e. The van der Waals surface area contributed by atoms with Gasteiger partial charge in [-0.2, -0.15) is 0 Å². The normalized spacial score (nSPS) is 11.3. The summed E-state index contributed by atoms with van der Waals surface area (Å²) in [6.45, 7) is 2.03. The zero-order chi connectivity index (χ0) is 21.4. The van der Waals surface area contributed by atoms with Crippen LogP contribution in [-0.2, 0) is 11.2 Å². The lowest BCUT2D eigenvalue weighted by molar-refractivity contribution is -0.116. The molecular formula is C23H20N4O2S2. The van der Waals surface area contributed by atoms with Gasteiger partial charge >= 0.3 is 0 Å². The largest absolute Gasteiger partial charge is 0.497 e. The Morgan fingerprint density at radius 2 is 2.00 bits per heavy atom. The van der Waals surface area contributed by atoms with Crippen LogP contribution in [0.25, 0.3) is 26.4 Å². The summed E-state index contributed by atoms with van der Waals surface area (Å²) in [6, 6.07) is 13.9. The molecule has 5 aromatic rings. The van der Waals surface area contributed by atoms with E-state index in [9.17, 15) is 4.79 Å². The van der Waals surface area contributed by atoms with Gasteiger partial charge in [-0.25, -0.2) is 9.97 Å². The van der Waals surface area contributed by atoms with E-state index in [1.54, 1.807) is 18.4 Å². The molecule has 0 aliphatic carbocycles. The second-order valence-electron chi connectivity index (χ2n) is 7.22. The molecule has 1 N–H and O–H groups in total. The molecule has 0 aliphatic heterocycles. The third kappa shape index (κ3) is 3.92. The molecule has 0 saturated carbocycles. The van der Waals surface area contributed by atoms with Crippen LogP contribution in [0.4, 0.5) is 5.13 Å². The topological polar surface area (TPSA) is 68.5 Å². The van der Waals surface area contributed by atoms with Crippen molar-refractivity contribution in [2.24, 2.45) is 0 Å². The van der Waals surface area contributed by atoms with Crippen LogP contribution in [0.5, 0.6) is 5.75 Å². The maximum absolute atomic E-state index is 12.5. The van der Waals surface area contributed by atoms with Gasteiger partial charge in [-0.3, -0.25) is 9.20 Å². The summed E-state index contributed by atoms with van der Waals surface area (Å²) in [5.74, 6) is 0.784. The second kappa shape index (κ2) is 8.13. The number of nitrogens with one attached hydrogen (secondary N) is 1. The van der Waals surface area contributed by atoms with E-state index in [0.717, 1.165) is 43.4 Å². The van der Waals surface area contributed by atoms with Gasteiger partial charge in [-0.05, 0) is 49.2 Å².